The first-order valence-corrected chi connectivity index (χ1v) is 6.48. The van der Waals surface area contributed by atoms with E-state index < -0.39 is 40.0 Å². The van der Waals surface area contributed by atoms with Crippen molar-refractivity contribution in [2.45, 2.75) is 0 Å². The second-order valence-electron chi connectivity index (χ2n) is 4.20. The molecule has 0 fully saturated rings. The fourth-order valence-corrected chi connectivity index (χ4v) is 2.62. The maximum atomic E-state index is 11.9. The number of rotatable bonds is 3. The first-order chi connectivity index (χ1) is 10.3. The Morgan fingerprint density at radius 1 is 1.00 bits per heavy atom. The van der Waals surface area contributed by atoms with Crippen molar-refractivity contribution in [2.24, 2.45) is 0 Å². The van der Waals surface area contributed by atoms with Crippen LogP contribution in [0, 0.1) is 0 Å². The van der Waals surface area contributed by atoms with Crippen LogP contribution in [0.4, 0.5) is 5.82 Å². The predicted octanol–water partition coefficient (Wildman–Crippen LogP) is 2.33. The summed E-state index contributed by atoms with van der Waals surface area (Å²) in [6.07, 6.45) is 0. The van der Waals surface area contributed by atoms with Crippen LogP contribution < -0.4 is 11.3 Å². The summed E-state index contributed by atoms with van der Waals surface area (Å²) >= 11 is 12.0. The van der Waals surface area contributed by atoms with Crippen molar-refractivity contribution in [3.63, 3.8) is 0 Å². The number of carbonyl (C=O) groups is 2. The molecule has 2 rings (SSSR count). The molecule has 9 heteroatoms. The number of carboxylic acids is 2. The number of anilines is 1. The van der Waals surface area contributed by atoms with Gasteiger partial charge in [0.15, 0.2) is 0 Å². The van der Waals surface area contributed by atoms with Gasteiger partial charge >= 0.3 is 11.9 Å². The number of carboxylic acid groups (broad SMARTS) is 2. The van der Waals surface area contributed by atoms with Crippen LogP contribution in [0.15, 0.2) is 23.0 Å². The van der Waals surface area contributed by atoms with Gasteiger partial charge in [0.25, 0.3) is 5.56 Å². The SMILES string of the molecule is Nc1[nH]c(=O)c(C(=O)O)c(-c2c(Cl)cccc2Cl)c1C(=O)O. The zero-order chi connectivity index (χ0) is 16.6. The van der Waals surface area contributed by atoms with Gasteiger partial charge in [0.1, 0.15) is 16.9 Å². The van der Waals surface area contributed by atoms with Crippen molar-refractivity contribution in [1.82, 2.24) is 4.98 Å². The van der Waals surface area contributed by atoms with Crippen molar-refractivity contribution >= 4 is 41.0 Å². The molecule has 2 aromatic rings. The van der Waals surface area contributed by atoms with E-state index in [1.54, 1.807) is 0 Å². The van der Waals surface area contributed by atoms with Gasteiger partial charge in [0.05, 0.1) is 0 Å². The van der Waals surface area contributed by atoms with E-state index in [1.807, 2.05) is 4.98 Å². The molecular formula is C13H8Cl2N2O5. The minimum Gasteiger partial charge on any atom is -0.478 e. The van der Waals surface area contributed by atoms with Gasteiger partial charge in [-0.05, 0) is 12.1 Å². The van der Waals surface area contributed by atoms with E-state index in [1.165, 1.54) is 18.2 Å². The molecule has 0 aliphatic rings. The fraction of sp³-hybridized carbons (Fsp3) is 0. The minimum atomic E-state index is -1.63. The molecule has 0 unspecified atom stereocenters. The number of aromatic nitrogens is 1. The zero-order valence-electron chi connectivity index (χ0n) is 10.7. The molecule has 7 nitrogen and oxygen atoms in total. The molecule has 0 aliphatic heterocycles. The zero-order valence-corrected chi connectivity index (χ0v) is 12.2. The number of hydrogen-bond donors (Lipinski definition) is 4. The molecule has 0 saturated heterocycles. The summed E-state index contributed by atoms with van der Waals surface area (Å²) in [6, 6.07) is 4.26. The molecule has 0 radical (unpaired) electrons. The van der Waals surface area contributed by atoms with Gasteiger partial charge in [0.2, 0.25) is 0 Å². The Balaban J connectivity index is 3.10. The van der Waals surface area contributed by atoms with Crippen LogP contribution in [0.2, 0.25) is 10.0 Å². The Hall–Kier alpha value is -2.51. The van der Waals surface area contributed by atoms with Crippen LogP contribution in [0.25, 0.3) is 11.1 Å². The number of hydrogen-bond acceptors (Lipinski definition) is 4. The summed E-state index contributed by atoms with van der Waals surface area (Å²) in [7, 11) is 0. The predicted molar refractivity (Wildman–Crippen MR) is 80.8 cm³/mol. The lowest BCUT2D eigenvalue weighted by molar-refractivity contribution is 0.0695. The smallest absolute Gasteiger partial charge is 0.342 e. The number of benzene rings is 1. The van der Waals surface area contributed by atoms with Gasteiger partial charge in [-0.2, -0.15) is 0 Å². The average Bonchev–Trinajstić information content (AvgIpc) is 2.36. The van der Waals surface area contributed by atoms with Crippen LogP contribution in [-0.4, -0.2) is 27.1 Å². The summed E-state index contributed by atoms with van der Waals surface area (Å²) in [4.78, 5) is 36.7. The number of nitrogen functional groups attached to an aromatic ring is 1. The Labute approximate surface area is 132 Å². The van der Waals surface area contributed by atoms with Crippen LogP contribution in [0.3, 0.4) is 0 Å². The standard InChI is InChI=1S/C13H8Cl2N2O5/c14-4-2-1-3-5(15)6(4)7-8(12(19)20)10(16)17-11(18)9(7)13(21)22/h1-3H,(H,19,20)(H,21,22)(H3,16,17,18). The number of halogens is 2. The van der Waals surface area contributed by atoms with Crippen molar-refractivity contribution in [1.29, 1.82) is 0 Å². The van der Waals surface area contributed by atoms with Gasteiger partial charge < -0.3 is 20.9 Å². The summed E-state index contributed by atoms with van der Waals surface area (Å²) in [5.41, 5.74) is 2.55. The quantitative estimate of drug-likeness (QED) is 0.676. The van der Waals surface area contributed by atoms with E-state index in [0.717, 1.165) is 0 Å². The molecule has 0 bridgehead atoms. The van der Waals surface area contributed by atoms with Crippen LogP contribution in [0.5, 0.6) is 0 Å². The lowest BCUT2D eigenvalue weighted by Crippen LogP contribution is -2.24. The van der Waals surface area contributed by atoms with Crippen LogP contribution >= 0.6 is 23.2 Å². The lowest BCUT2D eigenvalue weighted by atomic mass is 9.95. The first kappa shape index (κ1) is 15.9. The molecule has 0 aliphatic carbocycles. The lowest BCUT2D eigenvalue weighted by Gasteiger charge is -2.14. The summed E-state index contributed by atoms with van der Waals surface area (Å²) in [5.74, 6) is -3.65. The molecule has 0 saturated carbocycles. The molecule has 0 amide bonds. The summed E-state index contributed by atoms with van der Waals surface area (Å²) < 4.78 is 0. The van der Waals surface area contributed by atoms with E-state index >= 15 is 0 Å². The molecule has 1 heterocycles. The molecule has 22 heavy (non-hydrogen) atoms. The highest BCUT2D eigenvalue weighted by atomic mass is 35.5. The van der Waals surface area contributed by atoms with Gasteiger partial charge in [-0.25, -0.2) is 9.59 Å². The number of nitrogens with one attached hydrogen (secondary N) is 1. The number of aromatic carboxylic acids is 2. The Morgan fingerprint density at radius 3 is 1.95 bits per heavy atom. The Morgan fingerprint density at radius 2 is 1.50 bits per heavy atom. The second-order valence-corrected chi connectivity index (χ2v) is 5.01. The van der Waals surface area contributed by atoms with Gasteiger partial charge in [-0.15, -0.1) is 0 Å². The van der Waals surface area contributed by atoms with Crippen LogP contribution in [-0.2, 0) is 0 Å². The van der Waals surface area contributed by atoms with E-state index in [9.17, 15) is 24.6 Å². The molecule has 1 aromatic heterocycles. The normalized spacial score (nSPS) is 10.5. The van der Waals surface area contributed by atoms with Crippen molar-refractivity contribution in [2.75, 3.05) is 5.73 Å². The highest BCUT2D eigenvalue weighted by Crippen LogP contribution is 2.38. The number of pyridine rings is 1. The third kappa shape index (κ3) is 2.51. The van der Waals surface area contributed by atoms with Gasteiger partial charge in [0, 0.05) is 21.2 Å². The maximum Gasteiger partial charge on any atom is 0.342 e. The van der Waals surface area contributed by atoms with E-state index in [2.05, 4.69) is 0 Å². The van der Waals surface area contributed by atoms with E-state index in [-0.39, 0.29) is 15.6 Å². The van der Waals surface area contributed by atoms with Gasteiger partial charge in [-0.3, -0.25) is 4.79 Å². The third-order valence-corrected chi connectivity index (χ3v) is 3.52. The molecule has 114 valence electrons. The van der Waals surface area contributed by atoms with Crippen molar-refractivity contribution in [3.05, 3.63) is 49.7 Å². The minimum absolute atomic E-state index is 0.0116. The monoisotopic (exact) mass is 342 g/mol. The Bertz CT molecular complexity index is 840. The first-order valence-electron chi connectivity index (χ1n) is 5.72. The van der Waals surface area contributed by atoms with Crippen molar-refractivity contribution < 1.29 is 19.8 Å². The van der Waals surface area contributed by atoms with E-state index in [0.29, 0.717) is 0 Å². The molecular weight excluding hydrogens is 335 g/mol. The summed E-state index contributed by atoms with van der Waals surface area (Å²) in [5, 5.41) is 18.5. The van der Waals surface area contributed by atoms with Crippen molar-refractivity contribution in [3.8, 4) is 11.1 Å². The number of nitrogens with two attached hydrogens (primary N) is 1. The Kier molecular flexibility index (Phi) is 4.11. The molecule has 0 spiro atoms. The highest BCUT2D eigenvalue weighted by Gasteiger charge is 2.28. The van der Waals surface area contributed by atoms with Gasteiger partial charge in [-0.1, -0.05) is 29.3 Å². The maximum absolute atomic E-state index is 11.9. The summed E-state index contributed by atoms with van der Waals surface area (Å²) in [6.45, 7) is 0. The second kappa shape index (κ2) is 5.70. The highest BCUT2D eigenvalue weighted by molar-refractivity contribution is 6.40. The number of H-pyrrole nitrogens is 1. The molecule has 1 aromatic carbocycles. The molecule has 5 N–H and O–H groups in total. The fourth-order valence-electron chi connectivity index (χ4n) is 2.03. The number of aromatic amines is 1. The molecule has 0 atom stereocenters. The van der Waals surface area contributed by atoms with E-state index in [4.69, 9.17) is 28.9 Å². The average molecular weight is 343 g/mol. The largest absolute Gasteiger partial charge is 0.478 e. The topological polar surface area (TPSA) is 133 Å². The van der Waals surface area contributed by atoms with Crippen LogP contribution in [0.1, 0.15) is 20.7 Å². The third-order valence-electron chi connectivity index (χ3n) is 2.89.